The summed E-state index contributed by atoms with van der Waals surface area (Å²) in [6.07, 6.45) is 3.88. The average Bonchev–Trinajstić information content (AvgIpc) is 3.69. The molecular formula is C44H27N3O. The van der Waals surface area contributed by atoms with Crippen LogP contribution in [0.5, 0.6) is 0 Å². The van der Waals surface area contributed by atoms with E-state index in [1.54, 1.807) is 0 Å². The lowest BCUT2D eigenvalue weighted by Gasteiger charge is -2.12. The fourth-order valence-corrected chi connectivity index (χ4v) is 7.16. The quantitative estimate of drug-likeness (QED) is 0.198. The fraction of sp³-hybridized carbons (Fsp3) is 0. The van der Waals surface area contributed by atoms with Crippen molar-refractivity contribution in [3.8, 4) is 39.3 Å². The molecule has 7 aromatic carbocycles. The maximum absolute atomic E-state index is 6.58. The zero-order valence-corrected chi connectivity index (χ0v) is 25.8. The number of hydrogen-bond donors (Lipinski definition) is 0. The van der Waals surface area contributed by atoms with Gasteiger partial charge >= 0.3 is 0 Å². The summed E-state index contributed by atoms with van der Waals surface area (Å²) < 4.78 is 8.73. The molecular weight excluding hydrogens is 587 g/mol. The van der Waals surface area contributed by atoms with Crippen LogP contribution in [0.25, 0.3) is 93.8 Å². The Morgan fingerprint density at radius 3 is 1.71 bits per heavy atom. The van der Waals surface area contributed by atoms with Gasteiger partial charge in [-0.3, -0.25) is 4.57 Å². The van der Waals surface area contributed by atoms with E-state index in [9.17, 15) is 0 Å². The third kappa shape index (κ3) is 4.16. The van der Waals surface area contributed by atoms with E-state index in [0.29, 0.717) is 5.95 Å². The average molecular weight is 614 g/mol. The van der Waals surface area contributed by atoms with Gasteiger partial charge in [0.05, 0.1) is 11.0 Å². The van der Waals surface area contributed by atoms with Crippen molar-refractivity contribution in [2.45, 2.75) is 0 Å². The summed E-state index contributed by atoms with van der Waals surface area (Å²) in [5.41, 5.74) is 10.5. The van der Waals surface area contributed by atoms with E-state index in [1.165, 1.54) is 16.5 Å². The maximum atomic E-state index is 6.58. The summed E-state index contributed by atoms with van der Waals surface area (Å²) in [4.78, 5) is 9.98. The first-order valence-corrected chi connectivity index (χ1v) is 16.1. The van der Waals surface area contributed by atoms with Gasteiger partial charge in [0.2, 0.25) is 5.95 Å². The lowest BCUT2D eigenvalue weighted by Crippen LogP contribution is -2.00. The van der Waals surface area contributed by atoms with Crippen molar-refractivity contribution in [1.82, 2.24) is 14.5 Å². The number of hydrogen-bond acceptors (Lipinski definition) is 3. The molecule has 48 heavy (non-hydrogen) atoms. The van der Waals surface area contributed by atoms with E-state index >= 15 is 0 Å². The second kappa shape index (κ2) is 10.5. The van der Waals surface area contributed by atoms with Crippen molar-refractivity contribution >= 4 is 54.5 Å². The van der Waals surface area contributed by atoms with Crippen LogP contribution in [-0.4, -0.2) is 14.5 Å². The Hall–Kier alpha value is -6.52. The third-order valence-electron chi connectivity index (χ3n) is 9.47. The van der Waals surface area contributed by atoms with Crippen molar-refractivity contribution in [2.75, 3.05) is 0 Å². The van der Waals surface area contributed by atoms with Crippen LogP contribution < -0.4 is 0 Å². The Morgan fingerprint density at radius 1 is 0.396 bits per heavy atom. The highest BCUT2D eigenvalue weighted by atomic mass is 16.3. The highest BCUT2D eigenvalue weighted by Gasteiger charge is 2.18. The molecule has 0 aliphatic heterocycles. The van der Waals surface area contributed by atoms with Gasteiger partial charge in [-0.05, 0) is 69.6 Å². The molecule has 10 aromatic rings. The monoisotopic (exact) mass is 613 g/mol. The number of rotatable bonds is 4. The molecule has 0 saturated carbocycles. The molecule has 0 aliphatic rings. The fourth-order valence-electron chi connectivity index (χ4n) is 7.16. The van der Waals surface area contributed by atoms with Gasteiger partial charge in [0.25, 0.3) is 0 Å². The predicted molar refractivity (Wildman–Crippen MR) is 197 cm³/mol. The van der Waals surface area contributed by atoms with Crippen molar-refractivity contribution in [3.63, 3.8) is 0 Å². The predicted octanol–water partition coefficient (Wildman–Crippen LogP) is 11.6. The van der Waals surface area contributed by atoms with Gasteiger partial charge in [0.1, 0.15) is 11.2 Å². The zero-order chi connectivity index (χ0) is 31.6. The van der Waals surface area contributed by atoms with E-state index in [-0.39, 0.29) is 0 Å². The van der Waals surface area contributed by atoms with Crippen LogP contribution in [0.1, 0.15) is 0 Å². The minimum absolute atomic E-state index is 0.619. The van der Waals surface area contributed by atoms with Crippen molar-refractivity contribution in [2.24, 2.45) is 0 Å². The van der Waals surface area contributed by atoms with Gasteiger partial charge in [-0.15, -0.1) is 0 Å². The lowest BCUT2D eigenvalue weighted by atomic mass is 9.94. The van der Waals surface area contributed by atoms with Crippen LogP contribution in [-0.2, 0) is 0 Å². The summed E-state index contributed by atoms with van der Waals surface area (Å²) in [7, 11) is 0. The molecule has 10 rings (SSSR count). The molecule has 0 atom stereocenters. The largest absolute Gasteiger partial charge is 0.455 e. The Balaban J connectivity index is 1.14. The van der Waals surface area contributed by atoms with Crippen LogP contribution >= 0.6 is 0 Å². The smallest absolute Gasteiger partial charge is 0.234 e. The lowest BCUT2D eigenvalue weighted by molar-refractivity contribution is 0.673. The van der Waals surface area contributed by atoms with Gasteiger partial charge in [-0.25, -0.2) is 9.97 Å². The van der Waals surface area contributed by atoms with E-state index in [2.05, 4.69) is 144 Å². The summed E-state index contributed by atoms with van der Waals surface area (Å²) in [6, 6.07) is 53.3. The van der Waals surface area contributed by atoms with Crippen LogP contribution in [0, 0.1) is 0 Å². The van der Waals surface area contributed by atoms with E-state index < -0.39 is 0 Å². The molecule has 0 spiro atoms. The van der Waals surface area contributed by atoms with Crippen LogP contribution in [0.15, 0.2) is 168 Å². The highest BCUT2D eigenvalue weighted by molar-refractivity contribution is 6.20. The molecule has 4 nitrogen and oxygen atoms in total. The summed E-state index contributed by atoms with van der Waals surface area (Å²) >= 11 is 0. The number of nitrogens with zero attached hydrogens (tertiary/aromatic N) is 3. The number of furan rings is 1. The molecule has 0 saturated heterocycles. The van der Waals surface area contributed by atoms with Crippen molar-refractivity contribution in [3.05, 3.63) is 164 Å². The molecule has 4 heteroatoms. The topological polar surface area (TPSA) is 43.9 Å². The first-order chi connectivity index (χ1) is 23.8. The number of aromatic nitrogens is 3. The van der Waals surface area contributed by atoms with Gasteiger partial charge in [-0.1, -0.05) is 109 Å². The molecule has 0 fully saturated rings. The summed E-state index contributed by atoms with van der Waals surface area (Å²) in [5.74, 6) is 0.619. The van der Waals surface area contributed by atoms with Gasteiger partial charge in [0.15, 0.2) is 0 Å². The highest BCUT2D eigenvalue weighted by Crippen LogP contribution is 2.40. The normalized spacial score (nSPS) is 11.8. The van der Waals surface area contributed by atoms with E-state index in [1.807, 2.05) is 24.5 Å². The SMILES string of the molecule is c1ccc(-c2cc(-c3ccccc3)cc(-c3cnc(-n4c5ccccc5c5cc6c(cc54)oc4c5ccccc5ccc64)nc3)c2)cc1. The van der Waals surface area contributed by atoms with E-state index in [0.717, 1.165) is 71.4 Å². The summed E-state index contributed by atoms with van der Waals surface area (Å²) in [6.45, 7) is 0. The Kier molecular flexibility index (Phi) is 5.84. The van der Waals surface area contributed by atoms with Crippen LogP contribution in [0.2, 0.25) is 0 Å². The molecule has 0 aliphatic carbocycles. The molecule has 3 heterocycles. The van der Waals surface area contributed by atoms with Crippen molar-refractivity contribution < 1.29 is 4.42 Å². The Labute approximate surface area is 276 Å². The molecule has 0 radical (unpaired) electrons. The Morgan fingerprint density at radius 2 is 1.00 bits per heavy atom. The molecule has 0 bridgehead atoms. The number of benzene rings is 7. The molecule has 0 amide bonds. The third-order valence-corrected chi connectivity index (χ3v) is 9.47. The van der Waals surface area contributed by atoms with E-state index in [4.69, 9.17) is 14.4 Å². The second-order valence-electron chi connectivity index (χ2n) is 12.3. The standard InChI is InChI=1S/C44H27N3O/c1-3-11-28(12-4-1)31-21-32(29-13-5-2-6-14-29)23-33(22-31)34-26-45-44(46-27-34)47-40-18-10-9-17-36(40)38-24-39-37-20-19-30-15-7-8-16-35(30)43(37)48-42(39)25-41(38)47/h1-27H. The second-order valence-corrected chi connectivity index (χ2v) is 12.3. The molecule has 0 unspecified atom stereocenters. The van der Waals surface area contributed by atoms with Crippen molar-refractivity contribution in [1.29, 1.82) is 0 Å². The molecule has 224 valence electrons. The summed E-state index contributed by atoms with van der Waals surface area (Å²) in [5, 5.41) is 6.81. The van der Waals surface area contributed by atoms with Crippen LogP contribution in [0.3, 0.4) is 0 Å². The first kappa shape index (κ1) is 26.7. The maximum Gasteiger partial charge on any atom is 0.234 e. The van der Waals surface area contributed by atoms with Crippen LogP contribution in [0.4, 0.5) is 0 Å². The number of fused-ring (bicyclic) bond motifs is 8. The van der Waals surface area contributed by atoms with Gasteiger partial charge in [0, 0.05) is 51.0 Å². The van der Waals surface area contributed by atoms with Gasteiger partial charge in [-0.2, -0.15) is 0 Å². The zero-order valence-electron chi connectivity index (χ0n) is 25.8. The minimum Gasteiger partial charge on any atom is -0.455 e. The molecule has 3 aromatic heterocycles. The first-order valence-electron chi connectivity index (χ1n) is 16.1. The molecule has 0 N–H and O–H groups in total. The Bertz CT molecular complexity index is 2760. The number of para-hydroxylation sites is 1. The minimum atomic E-state index is 0.619. The van der Waals surface area contributed by atoms with Gasteiger partial charge < -0.3 is 4.42 Å².